The van der Waals surface area contributed by atoms with Gasteiger partial charge in [-0.1, -0.05) is 0 Å². The van der Waals surface area contributed by atoms with E-state index >= 15 is 0 Å². The molecule has 0 amide bonds. The first-order valence-corrected chi connectivity index (χ1v) is 11.2. The Morgan fingerprint density at radius 1 is 0.667 bits per heavy atom. The third-order valence-corrected chi connectivity index (χ3v) is 6.77. The largest absolute Gasteiger partial charge is 0.481 e. The molecule has 1 aliphatic heterocycles. The van der Waals surface area contributed by atoms with Crippen molar-refractivity contribution in [3.8, 4) is 0 Å². The molecule has 6 heteroatoms. The SMILES string of the molecule is CC1=c2ccc([nH]2)=C(C)c2ccc([nH]2)C(C)=c2[nH]c(cc2CCC(=O)O)=C(C)c2ccc1[nH]2. The minimum Gasteiger partial charge on any atom is -0.481 e. The van der Waals surface area contributed by atoms with Crippen LogP contribution in [0.25, 0.3) is 22.3 Å². The lowest BCUT2D eigenvalue weighted by Gasteiger charge is -2.02. The highest BCUT2D eigenvalue weighted by molar-refractivity contribution is 5.70. The summed E-state index contributed by atoms with van der Waals surface area (Å²) in [5, 5.41) is 13.4. The van der Waals surface area contributed by atoms with Gasteiger partial charge in [0.25, 0.3) is 0 Å². The van der Waals surface area contributed by atoms with Gasteiger partial charge in [-0.3, -0.25) is 4.79 Å². The fourth-order valence-corrected chi connectivity index (χ4v) is 4.54. The molecule has 0 saturated heterocycles. The molecule has 33 heavy (non-hydrogen) atoms. The Morgan fingerprint density at radius 2 is 1.15 bits per heavy atom. The third-order valence-electron chi connectivity index (χ3n) is 6.77. The number of nitrogens with one attached hydrogen (secondary N) is 4. The number of hydrogen-bond acceptors (Lipinski definition) is 1. The van der Waals surface area contributed by atoms with Crippen molar-refractivity contribution in [2.24, 2.45) is 0 Å². The average molecular weight is 441 g/mol. The predicted molar refractivity (Wildman–Crippen MR) is 130 cm³/mol. The maximum atomic E-state index is 11.3. The number of carbonyl (C=O) groups is 1. The first kappa shape index (κ1) is 20.9. The Bertz CT molecular complexity index is 1640. The van der Waals surface area contributed by atoms with Gasteiger partial charge in [-0.25, -0.2) is 0 Å². The zero-order valence-electron chi connectivity index (χ0n) is 19.3. The molecule has 168 valence electrons. The highest BCUT2D eigenvalue weighted by atomic mass is 16.4. The van der Waals surface area contributed by atoms with Gasteiger partial charge in [0, 0.05) is 50.6 Å². The van der Waals surface area contributed by atoms with Gasteiger partial charge in [0.05, 0.1) is 0 Å². The Morgan fingerprint density at radius 3 is 1.67 bits per heavy atom. The van der Waals surface area contributed by atoms with Gasteiger partial charge in [0.15, 0.2) is 0 Å². The van der Waals surface area contributed by atoms with E-state index in [1.807, 2.05) is 0 Å². The van der Waals surface area contributed by atoms with E-state index in [0.29, 0.717) is 6.42 Å². The van der Waals surface area contributed by atoms with Gasteiger partial charge < -0.3 is 25.0 Å². The van der Waals surface area contributed by atoms with Gasteiger partial charge in [-0.05, 0) is 104 Å². The molecule has 0 spiro atoms. The summed E-state index contributed by atoms with van der Waals surface area (Å²) < 4.78 is 0. The minimum absolute atomic E-state index is 0.0925. The quantitative estimate of drug-likeness (QED) is 0.337. The van der Waals surface area contributed by atoms with Crippen LogP contribution in [0.4, 0.5) is 0 Å². The second-order valence-electron chi connectivity index (χ2n) is 8.83. The topological polar surface area (TPSA) is 100 Å². The molecule has 6 nitrogen and oxygen atoms in total. The highest BCUT2D eigenvalue weighted by Gasteiger charge is 2.12. The molecule has 0 fully saturated rings. The Labute approximate surface area is 191 Å². The van der Waals surface area contributed by atoms with Crippen LogP contribution >= 0.6 is 0 Å². The lowest BCUT2D eigenvalue weighted by atomic mass is 10.1. The second-order valence-corrected chi connectivity index (χ2v) is 8.83. The number of H-pyrrole nitrogens is 4. The van der Waals surface area contributed by atoms with E-state index < -0.39 is 5.97 Å². The summed E-state index contributed by atoms with van der Waals surface area (Å²) in [4.78, 5) is 25.5. The van der Waals surface area contributed by atoms with Gasteiger partial charge >= 0.3 is 5.97 Å². The maximum Gasteiger partial charge on any atom is 0.303 e. The molecule has 0 radical (unpaired) electrons. The molecule has 4 aromatic heterocycles. The lowest BCUT2D eigenvalue weighted by Crippen LogP contribution is -2.18. The molecule has 0 atom stereocenters. The van der Waals surface area contributed by atoms with E-state index in [1.165, 1.54) is 0 Å². The molecular formula is C27H28N4O2. The Balaban J connectivity index is 1.85. The highest BCUT2D eigenvalue weighted by Crippen LogP contribution is 2.17. The van der Waals surface area contributed by atoms with E-state index in [0.717, 1.165) is 72.0 Å². The zero-order valence-corrected chi connectivity index (χ0v) is 19.3. The van der Waals surface area contributed by atoms with E-state index in [-0.39, 0.29) is 6.42 Å². The van der Waals surface area contributed by atoms with Crippen LogP contribution in [-0.2, 0) is 11.2 Å². The smallest absolute Gasteiger partial charge is 0.303 e. The number of carboxylic acid groups (broad SMARTS) is 1. The number of carboxylic acids is 1. The van der Waals surface area contributed by atoms with E-state index in [4.69, 9.17) is 0 Å². The fraction of sp³-hybridized carbons (Fsp3) is 0.222. The van der Waals surface area contributed by atoms with Gasteiger partial charge in [-0.2, -0.15) is 0 Å². The summed E-state index contributed by atoms with van der Waals surface area (Å²) in [6.07, 6.45) is 0.563. The van der Waals surface area contributed by atoms with Crippen LogP contribution in [0.2, 0.25) is 0 Å². The molecule has 5 N–H and O–H groups in total. The molecule has 8 bridgehead atoms. The number of fused-ring (bicyclic) bond motifs is 8. The van der Waals surface area contributed by atoms with E-state index in [2.05, 4.69) is 90.1 Å². The van der Waals surface area contributed by atoms with Crippen molar-refractivity contribution in [2.45, 2.75) is 40.5 Å². The van der Waals surface area contributed by atoms with Crippen LogP contribution in [0.1, 0.15) is 62.5 Å². The Hall–Kier alpha value is -3.93. The first-order valence-electron chi connectivity index (χ1n) is 11.2. The summed E-state index contributed by atoms with van der Waals surface area (Å²) >= 11 is 0. The molecule has 5 heterocycles. The molecule has 1 aliphatic rings. The molecule has 0 aliphatic carbocycles. The van der Waals surface area contributed by atoms with E-state index in [1.54, 1.807) is 0 Å². The van der Waals surface area contributed by atoms with Crippen molar-refractivity contribution < 1.29 is 9.90 Å². The summed E-state index contributed by atoms with van der Waals surface area (Å²) in [6, 6.07) is 14.7. The molecule has 0 unspecified atom stereocenters. The lowest BCUT2D eigenvalue weighted by molar-refractivity contribution is -0.136. The fourth-order valence-electron chi connectivity index (χ4n) is 4.54. The molecule has 0 aromatic carbocycles. The zero-order chi connectivity index (χ0) is 23.3. The van der Waals surface area contributed by atoms with E-state index in [9.17, 15) is 9.90 Å². The predicted octanol–water partition coefficient (Wildman–Crippen LogP) is 2.21. The van der Waals surface area contributed by atoms with Gasteiger partial charge in [-0.15, -0.1) is 0 Å². The maximum absolute atomic E-state index is 11.3. The minimum atomic E-state index is -0.794. The van der Waals surface area contributed by atoms with Crippen LogP contribution in [0, 0.1) is 0 Å². The molecular weight excluding hydrogens is 412 g/mol. The summed E-state index contributed by atoms with van der Waals surface area (Å²) in [7, 11) is 0. The number of aryl methyl sites for hydroxylation is 1. The van der Waals surface area contributed by atoms with Crippen molar-refractivity contribution in [1.29, 1.82) is 0 Å². The average Bonchev–Trinajstić information content (AvgIpc) is 3.61. The standard InChI is InChI=1S/C27H28N4O2/c1-14-19-6-7-20(28-19)15(2)22-10-11-24(30-22)17(4)27-18(5-12-26(32)33)13-25(31-27)16(3)23-9-8-21(14)29-23/h6-11,13,28-31H,5,12H2,1-4H3,(H,32,33). The number of aromatic amines is 4. The second kappa shape index (κ2) is 7.89. The van der Waals surface area contributed by atoms with Crippen LogP contribution in [0.3, 0.4) is 0 Å². The van der Waals surface area contributed by atoms with Crippen LogP contribution in [-0.4, -0.2) is 31.0 Å². The number of aromatic nitrogens is 4. The van der Waals surface area contributed by atoms with Gasteiger partial charge in [0.2, 0.25) is 0 Å². The van der Waals surface area contributed by atoms with Gasteiger partial charge in [0.1, 0.15) is 0 Å². The normalized spacial score (nSPS) is 13.7. The van der Waals surface area contributed by atoms with Crippen LogP contribution in [0.5, 0.6) is 0 Å². The number of aliphatic carboxylic acids is 1. The summed E-state index contributed by atoms with van der Waals surface area (Å²) in [5.74, 6) is -0.794. The molecule has 5 rings (SSSR count). The first-order chi connectivity index (χ1) is 15.8. The van der Waals surface area contributed by atoms with Crippen molar-refractivity contribution in [1.82, 2.24) is 19.9 Å². The van der Waals surface area contributed by atoms with Crippen LogP contribution in [0.15, 0.2) is 42.5 Å². The molecule has 4 aromatic rings. The number of hydrogen-bond donors (Lipinski definition) is 5. The summed E-state index contributed by atoms with van der Waals surface area (Å²) in [5.41, 5.74) is 9.58. The third kappa shape index (κ3) is 3.67. The van der Waals surface area contributed by atoms with Crippen molar-refractivity contribution >= 4 is 28.3 Å². The Kier molecular flexibility index (Phi) is 5.01. The van der Waals surface area contributed by atoms with Crippen molar-refractivity contribution in [3.63, 3.8) is 0 Å². The molecule has 0 saturated carbocycles. The number of rotatable bonds is 3. The van der Waals surface area contributed by atoms with Crippen molar-refractivity contribution in [3.05, 3.63) is 92.2 Å². The summed E-state index contributed by atoms with van der Waals surface area (Å²) in [6.45, 7) is 8.37. The monoisotopic (exact) mass is 440 g/mol. The van der Waals surface area contributed by atoms with Crippen molar-refractivity contribution in [2.75, 3.05) is 0 Å². The van der Waals surface area contributed by atoms with Crippen LogP contribution < -0.4 is 21.4 Å².